The molecule has 1 aliphatic heterocycles. The molecule has 1 saturated heterocycles. The largest absolute Gasteiger partial charge is 0.467 e. The van der Waals surface area contributed by atoms with Crippen molar-refractivity contribution in [3.8, 4) is 11.4 Å². The number of halogens is 2. The maximum absolute atomic E-state index is 13.8. The van der Waals surface area contributed by atoms with E-state index in [0.29, 0.717) is 5.92 Å². The number of aryl methyl sites for hydroxylation is 1. The summed E-state index contributed by atoms with van der Waals surface area (Å²) in [6, 6.07) is 10.8. The van der Waals surface area contributed by atoms with Crippen molar-refractivity contribution >= 4 is 22.5 Å². The number of hydrogen-bond acceptors (Lipinski definition) is 3. The van der Waals surface area contributed by atoms with Crippen LogP contribution in [0.25, 0.3) is 16.6 Å². The molecule has 1 aromatic heterocycles. The Morgan fingerprint density at radius 3 is 2.57 bits per heavy atom. The van der Waals surface area contributed by atoms with Gasteiger partial charge in [-0.25, -0.2) is 4.39 Å². The summed E-state index contributed by atoms with van der Waals surface area (Å²) in [6.07, 6.45) is 1.89. The second kappa shape index (κ2) is 10.3. The van der Waals surface area contributed by atoms with Crippen LogP contribution < -0.4 is 4.74 Å². The Bertz CT molecular complexity index is 996. The highest BCUT2D eigenvalue weighted by atomic mass is 35.5. The number of hydrogen-bond donors (Lipinski definition) is 0. The first-order chi connectivity index (χ1) is 14.6. The molecule has 0 atom stereocenters. The lowest BCUT2D eigenvalue weighted by Gasteiger charge is -2.25. The number of ether oxygens (including phenoxy) is 3. The lowest BCUT2D eigenvalue weighted by atomic mass is 9.93. The van der Waals surface area contributed by atoms with Crippen molar-refractivity contribution in [3.63, 3.8) is 0 Å². The van der Waals surface area contributed by atoms with Crippen LogP contribution >= 0.6 is 11.6 Å². The molecule has 0 saturated carbocycles. The van der Waals surface area contributed by atoms with Gasteiger partial charge in [-0.2, -0.15) is 0 Å². The number of fused-ring (bicyclic) bond motifs is 1. The molecule has 3 aromatic rings. The molecule has 2 heterocycles. The smallest absolute Gasteiger partial charge is 0.188 e. The zero-order valence-corrected chi connectivity index (χ0v) is 18.8. The molecule has 0 aliphatic carbocycles. The summed E-state index contributed by atoms with van der Waals surface area (Å²) in [5.41, 5.74) is 4.22. The molecular formula is C24H29ClFNO3. The Kier molecular flexibility index (Phi) is 7.75. The van der Waals surface area contributed by atoms with Gasteiger partial charge in [0.1, 0.15) is 11.6 Å². The predicted octanol–water partition coefficient (Wildman–Crippen LogP) is 6.63. The average molecular weight is 434 g/mol. The van der Waals surface area contributed by atoms with E-state index in [1.165, 1.54) is 11.8 Å². The molecule has 1 aliphatic rings. The first-order valence-electron chi connectivity index (χ1n) is 10.4. The first-order valence-corrected chi connectivity index (χ1v) is 10.8. The number of aromatic nitrogens is 1. The molecule has 0 unspecified atom stereocenters. The molecule has 162 valence electrons. The maximum Gasteiger partial charge on any atom is 0.188 e. The lowest BCUT2D eigenvalue weighted by Crippen LogP contribution is -2.17. The zero-order chi connectivity index (χ0) is 21.7. The molecule has 1 fully saturated rings. The van der Waals surface area contributed by atoms with Gasteiger partial charge in [0.25, 0.3) is 0 Å². The van der Waals surface area contributed by atoms with Crippen LogP contribution in [0.15, 0.2) is 36.4 Å². The van der Waals surface area contributed by atoms with Crippen molar-refractivity contribution in [1.82, 2.24) is 4.57 Å². The Hall–Kier alpha value is -2.08. The molecule has 4 nitrogen and oxygen atoms in total. The topological polar surface area (TPSA) is 32.6 Å². The summed E-state index contributed by atoms with van der Waals surface area (Å²) in [5.74, 6) is 0.702. The first kappa shape index (κ1) is 22.6. The molecule has 0 bridgehead atoms. The maximum atomic E-state index is 13.8. The zero-order valence-electron chi connectivity index (χ0n) is 18.0. The van der Waals surface area contributed by atoms with Gasteiger partial charge in [0.05, 0.1) is 10.5 Å². The summed E-state index contributed by atoms with van der Waals surface area (Å²) in [6.45, 7) is 7.78. The van der Waals surface area contributed by atoms with Gasteiger partial charge in [0.2, 0.25) is 0 Å². The van der Waals surface area contributed by atoms with Gasteiger partial charge in [0.15, 0.2) is 6.79 Å². The van der Waals surface area contributed by atoms with Crippen molar-refractivity contribution < 1.29 is 18.6 Å². The number of nitrogens with zero attached hydrogens (tertiary/aromatic N) is 1. The van der Waals surface area contributed by atoms with Crippen LogP contribution in [0.1, 0.15) is 43.9 Å². The van der Waals surface area contributed by atoms with E-state index in [2.05, 4.69) is 17.6 Å². The number of methoxy groups -OCH3 is 1. The molecule has 30 heavy (non-hydrogen) atoms. The van der Waals surface area contributed by atoms with Crippen LogP contribution in [-0.2, 0) is 9.47 Å². The minimum absolute atomic E-state index is 0.113. The van der Waals surface area contributed by atoms with E-state index < -0.39 is 5.82 Å². The Morgan fingerprint density at radius 1 is 1.17 bits per heavy atom. The third kappa shape index (κ3) is 4.34. The van der Waals surface area contributed by atoms with E-state index in [1.54, 1.807) is 19.2 Å². The molecule has 6 heteroatoms. The van der Waals surface area contributed by atoms with Crippen molar-refractivity contribution in [2.24, 2.45) is 0 Å². The fourth-order valence-corrected chi connectivity index (χ4v) is 4.29. The van der Waals surface area contributed by atoms with Gasteiger partial charge in [0, 0.05) is 43.0 Å². The fourth-order valence-electron chi connectivity index (χ4n) is 4.11. The highest BCUT2D eigenvalue weighted by Gasteiger charge is 2.26. The summed E-state index contributed by atoms with van der Waals surface area (Å²) in [5, 5.41) is 1.16. The highest BCUT2D eigenvalue weighted by molar-refractivity contribution is 6.30. The van der Waals surface area contributed by atoms with Gasteiger partial charge < -0.3 is 18.8 Å². The van der Waals surface area contributed by atoms with Crippen LogP contribution in [0, 0.1) is 12.7 Å². The van der Waals surface area contributed by atoms with Crippen LogP contribution in [0.3, 0.4) is 0 Å². The van der Waals surface area contributed by atoms with Gasteiger partial charge >= 0.3 is 0 Å². The Morgan fingerprint density at radius 2 is 1.90 bits per heavy atom. The van der Waals surface area contributed by atoms with Gasteiger partial charge in [-0.15, -0.1) is 0 Å². The van der Waals surface area contributed by atoms with Crippen LogP contribution in [0.2, 0.25) is 5.02 Å². The highest BCUT2D eigenvalue weighted by Crippen LogP contribution is 2.41. The molecule has 4 rings (SSSR count). The minimum atomic E-state index is -0.421. The van der Waals surface area contributed by atoms with Crippen molar-refractivity contribution in [1.29, 1.82) is 0 Å². The number of rotatable bonds is 5. The van der Waals surface area contributed by atoms with E-state index in [1.807, 2.05) is 26.0 Å². The average Bonchev–Trinajstić information content (AvgIpc) is 3.09. The summed E-state index contributed by atoms with van der Waals surface area (Å²) < 4.78 is 32.5. The van der Waals surface area contributed by atoms with Crippen molar-refractivity contribution in [3.05, 3.63) is 58.5 Å². The molecule has 0 radical (unpaired) electrons. The Balaban J connectivity index is 0.00000124. The molecular weight excluding hydrogens is 405 g/mol. The standard InChI is InChI=1S/C22H23ClFNO3.C2H6/c1-14-21-19(4-3-5-20(21)28-13-26-2)25(16-6-7-18(24)17(23)12-16)22(14)15-8-10-27-11-9-15;1-2/h3-7,12,15H,8-11,13H2,1-2H3;1-2H3. The third-order valence-corrected chi connectivity index (χ3v) is 5.64. The SMILES string of the molecule is CC.COCOc1cccc2c1c(C)c(C1CCOCC1)n2-c1ccc(F)c(Cl)c1. The lowest BCUT2D eigenvalue weighted by molar-refractivity contribution is 0.0522. The van der Waals surface area contributed by atoms with E-state index in [4.69, 9.17) is 25.8 Å². The van der Waals surface area contributed by atoms with E-state index in [9.17, 15) is 4.39 Å². The molecule has 2 aromatic carbocycles. The number of benzene rings is 2. The third-order valence-electron chi connectivity index (χ3n) is 5.35. The van der Waals surface area contributed by atoms with E-state index >= 15 is 0 Å². The van der Waals surface area contributed by atoms with Gasteiger partial charge in [-0.3, -0.25) is 0 Å². The van der Waals surface area contributed by atoms with Crippen LogP contribution in [-0.4, -0.2) is 31.7 Å². The van der Waals surface area contributed by atoms with Gasteiger partial charge in [-0.1, -0.05) is 31.5 Å². The van der Waals surface area contributed by atoms with Crippen LogP contribution in [0.4, 0.5) is 4.39 Å². The fraction of sp³-hybridized carbons (Fsp3) is 0.417. The monoisotopic (exact) mass is 433 g/mol. The minimum Gasteiger partial charge on any atom is -0.467 e. The van der Waals surface area contributed by atoms with E-state index in [-0.39, 0.29) is 11.8 Å². The Labute approximate surface area is 182 Å². The quantitative estimate of drug-likeness (QED) is 0.423. The normalized spacial score (nSPS) is 14.5. The second-order valence-corrected chi connectivity index (χ2v) is 7.44. The predicted molar refractivity (Wildman–Crippen MR) is 120 cm³/mol. The van der Waals surface area contributed by atoms with E-state index in [0.717, 1.165) is 54.0 Å². The summed E-state index contributed by atoms with van der Waals surface area (Å²) in [4.78, 5) is 0. The van der Waals surface area contributed by atoms with Crippen molar-refractivity contribution in [2.45, 2.75) is 39.5 Å². The molecule has 0 amide bonds. The molecule has 0 spiro atoms. The van der Waals surface area contributed by atoms with Crippen molar-refractivity contribution in [2.75, 3.05) is 27.1 Å². The molecule has 0 N–H and O–H groups in total. The second-order valence-electron chi connectivity index (χ2n) is 7.03. The van der Waals surface area contributed by atoms with Crippen LogP contribution in [0.5, 0.6) is 5.75 Å². The summed E-state index contributed by atoms with van der Waals surface area (Å²) >= 11 is 6.11. The summed E-state index contributed by atoms with van der Waals surface area (Å²) in [7, 11) is 1.60. The van der Waals surface area contributed by atoms with Gasteiger partial charge in [-0.05, 0) is 55.7 Å².